The van der Waals surface area contributed by atoms with Gasteiger partial charge in [0, 0.05) is 12.2 Å². The molecule has 11 nitrogen and oxygen atoms in total. The molecule has 13 heteroatoms. The lowest BCUT2D eigenvalue weighted by Crippen LogP contribution is -2.16. The van der Waals surface area contributed by atoms with E-state index in [2.05, 4.69) is 25.6 Å². The summed E-state index contributed by atoms with van der Waals surface area (Å²) >= 11 is 0. The Morgan fingerprint density at radius 2 is 1.93 bits per heavy atom. The van der Waals surface area contributed by atoms with Crippen LogP contribution in [0.25, 0.3) is 0 Å². The zero-order valence-corrected chi connectivity index (χ0v) is 16.6. The number of nitrogen functional groups attached to an aromatic ring is 1. The van der Waals surface area contributed by atoms with Crippen LogP contribution in [0.5, 0.6) is 5.75 Å². The fourth-order valence-corrected chi connectivity index (χ4v) is 3.34. The van der Waals surface area contributed by atoms with Gasteiger partial charge in [-0.05, 0) is 29.8 Å². The molecule has 0 fully saturated rings. The Labute approximate surface area is 171 Å². The van der Waals surface area contributed by atoms with E-state index in [1.807, 2.05) is 0 Å². The predicted octanol–water partition coefficient (Wildman–Crippen LogP) is 1.19. The van der Waals surface area contributed by atoms with Crippen molar-refractivity contribution in [1.29, 1.82) is 0 Å². The number of pyridine rings is 1. The van der Waals surface area contributed by atoms with Crippen LogP contribution in [0, 0.1) is 5.82 Å². The van der Waals surface area contributed by atoms with Crippen molar-refractivity contribution in [2.75, 3.05) is 23.5 Å². The van der Waals surface area contributed by atoms with E-state index in [-0.39, 0.29) is 34.8 Å². The summed E-state index contributed by atoms with van der Waals surface area (Å²) in [6, 6.07) is 7.48. The molecule has 0 atom stereocenters. The van der Waals surface area contributed by atoms with Gasteiger partial charge in [-0.15, -0.1) is 0 Å². The second-order valence-corrected chi connectivity index (χ2v) is 7.53. The predicted molar refractivity (Wildman–Crippen MR) is 109 cm³/mol. The third kappa shape index (κ3) is 4.71. The molecule has 158 valence electrons. The Bertz CT molecular complexity index is 1190. The minimum absolute atomic E-state index is 0.00116. The maximum atomic E-state index is 14.2. The minimum Gasteiger partial charge on any atom is -0.493 e. The molecular weight excluding hydrogens is 415 g/mol. The number of ether oxygens (including phenoxy) is 1. The molecule has 0 saturated heterocycles. The number of rotatable bonds is 7. The Hall–Kier alpha value is -3.55. The van der Waals surface area contributed by atoms with Crippen molar-refractivity contribution in [3.05, 3.63) is 47.9 Å². The van der Waals surface area contributed by atoms with E-state index in [1.165, 1.54) is 25.3 Å². The molecule has 0 radical (unpaired) electrons. The van der Waals surface area contributed by atoms with Gasteiger partial charge in [-0.3, -0.25) is 0 Å². The zero-order chi connectivity index (χ0) is 21.9. The fourth-order valence-electron chi connectivity index (χ4n) is 2.54. The maximum absolute atomic E-state index is 14.2. The summed E-state index contributed by atoms with van der Waals surface area (Å²) in [7, 11) is -2.54. The van der Waals surface area contributed by atoms with E-state index >= 15 is 0 Å². The molecule has 0 aliphatic carbocycles. The molecule has 0 aliphatic heterocycles. The lowest BCUT2D eigenvalue weighted by atomic mass is 10.2. The SMILES string of the molecule is COc1ccc(Nc2nc(Nc3ccc(CN)c(S(N)(=O)=O)c3)ncc2F)nc1N. The normalized spacial score (nSPS) is 11.2. The van der Waals surface area contributed by atoms with Crippen molar-refractivity contribution < 1.29 is 17.5 Å². The molecule has 0 unspecified atom stereocenters. The molecule has 0 amide bonds. The topological polar surface area (TPSA) is 184 Å². The van der Waals surface area contributed by atoms with Crippen molar-refractivity contribution in [3.8, 4) is 5.75 Å². The highest BCUT2D eigenvalue weighted by molar-refractivity contribution is 7.89. The number of benzene rings is 1. The average Bonchev–Trinajstić information content (AvgIpc) is 2.70. The average molecular weight is 434 g/mol. The molecule has 2 heterocycles. The van der Waals surface area contributed by atoms with Gasteiger partial charge < -0.3 is 26.8 Å². The van der Waals surface area contributed by atoms with Crippen molar-refractivity contribution in [2.45, 2.75) is 11.4 Å². The van der Waals surface area contributed by atoms with Crippen LogP contribution in [0.3, 0.4) is 0 Å². The first kappa shape index (κ1) is 21.2. The second-order valence-electron chi connectivity index (χ2n) is 6.00. The number of methoxy groups -OCH3 is 1. The number of halogens is 1. The summed E-state index contributed by atoms with van der Waals surface area (Å²) in [5.74, 6) is -0.180. The smallest absolute Gasteiger partial charge is 0.238 e. The van der Waals surface area contributed by atoms with E-state index in [1.54, 1.807) is 12.1 Å². The summed E-state index contributed by atoms with van der Waals surface area (Å²) in [4.78, 5) is 11.8. The first-order valence-corrected chi connectivity index (χ1v) is 9.98. The van der Waals surface area contributed by atoms with Crippen LogP contribution in [-0.4, -0.2) is 30.5 Å². The molecule has 3 rings (SSSR count). The van der Waals surface area contributed by atoms with E-state index in [0.29, 0.717) is 17.0 Å². The molecule has 0 saturated carbocycles. The molecule has 0 bridgehead atoms. The Kier molecular flexibility index (Phi) is 5.96. The molecular formula is C17H19FN8O3S. The van der Waals surface area contributed by atoms with Crippen LogP contribution in [0.2, 0.25) is 0 Å². The number of nitrogens with one attached hydrogen (secondary N) is 2. The van der Waals surface area contributed by atoms with Crippen LogP contribution >= 0.6 is 0 Å². The number of hydrogen-bond acceptors (Lipinski definition) is 10. The van der Waals surface area contributed by atoms with Crippen molar-refractivity contribution >= 4 is 39.1 Å². The zero-order valence-electron chi connectivity index (χ0n) is 15.8. The standard InChI is InChI=1S/C17H19FN8O3S/c1-29-12-4-5-14(24-15(12)20)25-16-11(18)8-22-17(26-16)23-10-3-2-9(7-19)13(6-10)30(21,27)28/h2-6,8H,7,19H2,1H3,(H2,21,27,28)(H4,20,22,23,24,25,26). The van der Waals surface area contributed by atoms with E-state index in [4.69, 9.17) is 21.3 Å². The Morgan fingerprint density at radius 1 is 1.17 bits per heavy atom. The van der Waals surface area contributed by atoms with Gasteiger partial charge in [0.05, 0.1) is 18.2 Å². The second kappa shape index (κ2) is 8.44. The van der Waals surface area contributed by atoms with Gasteiger partial charge in [-0.2, -0.15) is 4.98 Å². The van der Waals surface area contributed by atoms with E-state index < -0.39 is 15.8 Å². The van der Waals surface area contributed by atoms with E-state index in [0.717, 1.165) is 6.20 Å². The van der Waals surface area contributed by atoms with E-state index in [9.17, 15) is 12.8 Å². The Morgan fingerprint density at radius 3 is 2.57 bits per heavy atom. The van der Waals surface area contributed by atoms with Crippen LogP contribution in [0.4, 0.5) is 33.5 Å². The van der Waals surface area contributed by atoms with Gasteiger partial charge in [-0.1, -0.05) is 6.07 Å². The van der Waals surface area contributed by atoms with Gasteiger partial charge in [0.2, 0.25) is 16.0 Å². The van der Waals surface area contributed by atoms with Gasteiger partial charge in [0.1, 0.15) is 5.82 Å². The minimum atomic E-state index is -3.99. The number of primary sulfonamides is 1. The number of aromatic nitrogens is 3. The lowest BCUT2D eigenvalue weighted by Gasteiger charge is -2.12. The van der Waals surface area contributed by atoms with Crippen LogP contribution in [0.1, 0.15) is 5.56 Å². The molecule has 3 aromatic rings. The lowest BCUT2D eigenvalue weighted by molar-refractivity contribution is 0.415. The summed E-state index contributed by atoms with van der Waals surface area (Å²) in [6.45, 7) is -0.00878. The van der Waals surface area contributed by atoms with Gasteiger partial charge in [0.25, 0.3) is 0 Å². The highest BCUT2D eigenvalue weighted by atomic mass is 32.2. The van der Waals surface area contributed by atoms with Gasteiger partial charge in [-0.25, -0.2) is 27.9 Å². The molecule has 0 spiro atoms. The van der Waals surface area contributed by atoms with Crippen LogP contribution in [0.15, 0.2) is 41.4 Å². The number of nitrogens with two attached hydrogens (primary N) is 3. The highest BCUT2D eigenvalue weighted by Crippen LogP contribution is 2.25. The molecule has 0 aliphatic rings. The first-order chi connectivity index (χ1) is 14.2. The summed E-state index contributed by atoms with van der Waals surface area (Å²) in [5.41, 5.74) is 12.0. The molecule has 8 N–H and O–H groups in total. The third-order valence-electron chi connectivity index (χ3n) is 3.95. The van der Waals surface area contributed by atoms with Crippen molar-refractivity contribution in [2.24, 2.45) is 10.9 Å². The monoisotopic (exact) mass is 434 g/mol. The number of sulfonamides is 1. The summed E-state index contributed by atoms with van der Waals surface area (Å²) in [5, 5.41) is 10.7. The van der Waals surface area contributed by atoms with Crippen LogP contribution < -0.4 is 32.0 Å². The maximum Gasteiger partial charge on any atom is 0.238 e. The number of nitrogens with zero attached hydrogens (tertiary/aromatic N) is 3. The van der Waals surface area contributed by atoms with Gasteiger partial charge >= 0.3 is 0 Å². The van der Waals surface area contributed by atoms with Crippen LogP contribution in [-0.2, 0) is 16.6 Å². The first-order valence-electron chi connectivity index (χ1n) is 8.44. The van der Waals surface area contributed by atoms with Crippen molar-refractivity contribution in [1.82, 2.24) is 15.0 Å². The molecule has 1 aromatic carbocycles. The third-order valence-corrected chi connectivity index (χ3v) is 4.94. The molecule has 30 heavy (non-hydrogen) atoms. The fraction of sp³-hybridized carbons (Fsp3) is 0.118. The summed E-state index contributed by atoms with van der Waals surface area (Å²) in [6.07, 6.45) is 0.944. The Balaban J connectivity index is 1.88. The number of anilines is 5. The van der Waals surface area contributed by atoms with Crippen molar-refractivity contribution in [3.63, 3.8) is 0 Å². The quantitative estimate of drug-likeness (QED) is 0.362. The largest absolute Gasteiger partial charge is 0.493 e. The van der Waals surface area contributed by atoms with Gasteiger partial charge in [0.15, 0.2) is 23.2 Å². The summed E-state index contributed by atoms with van der Waals surface area (Å²) < 4.78 is 42.7. The molecule has 2 aromatic heterocycles. The number of hydrogen-bond donors (Lipinski definition) is 5. The highest BCUT2D eigenvalue weighted by Gasteiger charge is 2.15.